The van der Waals surface area contributed by atoms with Crippen LogP contribution in [0.5, 0.6) is 0 Å². The first-order valence-corrected chi connectivity index (χ1v) is 4.70. The van der Waals surface area contributed by atoms with Gasteiger partial charge in [-0.3, -0.25) is 15.1 Å². The number of hydrogen-bond donors (Lipinski definition) is 2. The number of carbonyl (C=O) groups is 1. The van der Waals surface area contributed by atoms with Gasteiger partial charge in [0.25, 0.3) is 0 Å². The van der Waals surface area contributed by atoms with Crippen molar-refractivity contribution in [3.05, 3.63) is 0 Å². The lowest BCUT2D eigenvalue weighted by atomic mass is 10.1. The molecular formula is C8H15N3O2. The zero-order chi connectivity index (χ0) is 9.10. The number of morpholine rings is 1. The van der Waals surface area contributed by atoms with E-state index in [0.29, 0.717) is 12.5 Å². The molecular weight excluding hydrogens is 170 g/mol. The van der Waals surface area contributed by atoms with Gasteiger partial charge in [0.05, 0.1) is 13.2 Å². The molecule has 2 rings (SSSR count). The summed E-state index contributed by atoms with van der Waals surface area (Å²) >= 11 is 0. The summed E-state index contributed by atoms with van der Waals surface area (Å²) in [6, 6.07) is 0.345. The van der Waals surface area contributed by atoms with Crippen molar-refractivity contribution in [2.45, 2.75) is 12.5 Å². The van der Waals surface area contributed by atoms with Gasteiger partial charge in [-0.25, -0.2) is 5.43 Å². The minimum atomic E-state index is 0.0859. The molecule has 0 saturated carbocycles. The normalized spacial score (nSPS) is 31.4. The number of hydrazine groups is 1. The highest BCUT2D eigenvalue weighted by atomic mass is 16.5. The molecule has 0 aliphatic carbocycles. The van der Waals surface area contributed by atoms with E-state index in [1.165, 1.54) is 0 Å². The molecule has 0 aromatic carbocycles. The van der Waals surface area contributed by atoms with Gasteiger partial charge >= 0.3 is 0 Å². The van der Waals surface area contributed by atoms with E-state index in [4.69, 9.17) is 4.74 Å². The highest BCUT2D eigenvalue weighted by Gasteiger charge is 2.25. The average molecular weight is 185 g/mol. The van der Waals surface area contributed by atoms with Crippen molar-refractivity contribution in [1.82, 2.24) is 15.8 Å². The fraction of sp³-hybridized carbons (Fsp3) is 0.875. The van der Waals surface area contributed by atoms with Crippen LogP contribution < -0.4 is 10.9 Å². The van der Waals surface area contributed by atoms with Crippen LogP contribution in [0.2, 0.25) is 0 Å². The van der Waals surface area contributed by atoms with Crippen LogP contribution in [0.1, 0.15) is 6.42 Å². The second-order valence-electron chi connectivity index (χ2n) is 3.44. The molecule has 0 bridgehead atoms. The molecule has 0 aromatic rings. The van der Waals surface area contributed by atoms with Crippen LogP contribution in [0.25, 0.3) is 0 Å². The van der Waals surface area contributed by atoms with Crippen molar-refractivity contribution in [1.29, 1.82) is 0 Å². The van der Waals surface area contributed by atoms with E-state index < -0.39 is 0 Å². The van der Waals surface area contributed by atoms with Gasteiger partial charge in [-0.1, -0.05) is 0 Å². The maximum atomic E-state index is 11.1. The summed E-state index contributed by atoms with van der Waals surface area (Å²) < 4.78 is 5.25. The van der Waals surface area contributed by atoms with Gasteiger partial charge in [-0.15, -0.1) is 0 Å². The number of rotatable bonds is 1. The summed E-state index contributed by atoms with van der Waals surface area (Å²) in [6.45, 7) is 4.31. The molecule has 1 atom stereocenters. The molecule has 2 aliphatic rings. The van der Waals surface area contributed by atoms with Crippen LogP contribution in [-0.2, 0) is 9.53 Å². The Kier molecular flexibility index (Phi) is 2.77. The number of nitrogens with zero attached hydrogens (tertiary/aromatic N) is 1. The fourth-order valence-electron chi connectivity index (χ4n) is 1.81. The zero-order valence-electron chi connectivity index (χ0n) is 7.58. The van der Waals surface area contributed by atoms with Crippen LogP contribution in [0, 0.1) is 0 Å². The number of ether oxygens (including phenoxy) is 1. The van der Waals surface area contributed by atoms with E-state index >= 15 is 0 Å². The highest BCUT2D eigenvalue weighted by molar-refractivity contribution is 5.76. The van der Waals surface area contributed by atoms with E-state index in [1.807, 2.05) is 0 Å². The molecule has 13 heavy (non-hydrogen) atoms. The van der Waals surface area contributed by atoms with E-state index in [2.05, 4.69) is 15.8 Å². The Morgan fingerprint density at radius 1 is 1.38 bits per heavy atom. The smallest absolute Gasteiger partial charge is 0.235 e. The molecule has 74 valence electrons. The molecule has 5 nitrogen and oxygen atoms in total. The Balaban J connectivity index is 1.87. The first kappa shape index (κ1) is 8.93. The molecule has 0 spiro atoms. The molecule has 0 radical (unpaired) electrons. The molecule has 5 heteroatoms. The van der Waals surface area contributed by atoms with Crippen LogP contribution in [-0.4, -0.2) is 49.7 Å². The molecule has 0 aromatic heterocycles. The van der Waals surface area contributed by atoms with Gasteiger partial charge in [-0.05, 0) is 0 Å². The van der Waals surface area contributed by atoms with Crippen molar-refractivity contribution in [2.75, 3.05) is 32.8 Å². The van der Waals surface area contributed by atoms with Gasteiger partial charge in [0.2, 0.25) is 5.91 Å². The summed E-state index contributed by atoms with van der Waals surface area (Å²) in [4.78, 5) is 13.4. The molecule has 2 saturated heterocycles. The van der Waals surface area contributed by atoms with Crippen LogP contribution in [0.15, 0.2) is 0 Å². The zero-order valence-corrected chi connectivity index (χ0v) is 7.58. The Labute approximate surface area is 77.4 Å². The van der Waals surface area contributed by atoms with Crippen molar-refractivity contribution >= 4 is 5.91 Å². The molecule has 1 amide bonds. The second-order valence-corrected chi connectivity index (χ2v) is 3.44. The Bertz CT molecular complexity index is 192. The van der Waals surface area contributed by atoms with Gasteiger partial charge in [0, 0.05) is 32.1 Å². The molecule has 1 unspecified atom stereocenters. The highest BCUT2D eigenvalue weighted by Crippen LogP contribution is 2.08. The monoisotopic (exact) mass is 185 g/mol. The SMILES string of the molecule is O=C1CC(N2CCOCC2)CNN1. The molecule has 2 fully saturated rings. The lowest BCUT2D eigenvalue weighted by Crippen LogP contribution is -2.57. The lowest BCUT2D eigenvalue weighted by Gasteiger charge is -2.36. The van der Waals surface area contributed by atoms with Gasteiger partial charge < -0.3 is 4.74 Å². The lowest BCUT2D eigenvalue weighted by molar-refractivity contribution is -0.126. The summed E-state index contributed by atoms with van der Waals surface area (Å²) in [7, 11) is 0. The second kappa shape index (κ2) is 4.04. The molecule has 2 N–H and O–H groups in total. The third-order valence-electron chi connectivity index (χ3n) is 2.55. The first-order valence-electron chi connectivity index (χ1n) is 4.70. The number of hydrogen-bond acceptors (Lipinski definition) is 4. The minimum Gasteiger partial charge on any atom is -0.379 e. The maximum absolute atomic E-state index is 11.1. The quantitative estimate of drug-likeness (QED) is 0.534. The Morgan fingerprint density at radius 3 is 2.85 bits per heavy atom. The first-order chi connectivity index (χ1) is 6.36. The predicted molar refractivity (Wildman–Crippen MR) is 46.9 cm³/mol. The Morgan fingerprint density at radius 2 is 2.15 bits per heavy atom. The summed E-state index contributed by atoms with van der Waals surface area (Å²) in [6.07, 6.45) is 0.604. The largest absolute Gasteiger partial charge is 0.379 e. The standard InChI is InChI=1S/C8H15N3O2/c12-8-5-7(6-9-10-8)11-1-3-13-4-2-11/h7,9H,1-6H2,(H,10,12). The van der Waals surface area contributed by atoms with Gasteiger partial charge in [0.15, 0.2) is 0 Å². The Hall–Kier alpha value is -0.650. The van der Waals surface area contributed by atoms with E-state index in [-0.39, 0.29) is 5.91 Å². The van der Waals surface area contributed by atoms with E-state index in [1.54, 1.807) is 0 Å². The van der Waals surface area contributed by atoms with Crippen LogP contribution in [0.3, 0.4) is 0 Å². The van der Waals surface area contributed by atoms with Gasteiger partial charge in [0.1, 0.15) is 0 Å². The third kappa shape index (κ3) is 2.18. The topological polar surface area (TPSA) is 53.6 Å². The van der Waals surface area contributed by atoms with E-state index in [0.717, 1.165) is 32.8 Å². The van der Waals surface area contributed by atoms with Crippen LogP contribution in [0.4, 0.5) is 0 Å². The van der Waals surface area contributed by atoms with Crippen molar-refractivity contribution in [2.24, 2.45) is 0 Å². The maximum Gasteiger partial charge on any atom is 0.235 e. The predicted octanol–water partition coefficient (Wildman–Crippen LogP) is -1.29. The summed E-state index contributed by atoms with van der Waals surface area (Å²) in [5.41, 5.74) is 5.50. The molecule has 2 aliphatic heterocycles. The fourth-order valence-corrected chi connectivity index (χ4v) is 1.81. The third-order valence-corrected chi connectivity index (χ3v) is 2.55. The average Bonchev–Trinajstić information content (AvgIpc) is 2.19. The summed E-state index contributed by atoms with van der Waals surface area (Å²) in [5.74, 6) is 0.0859. The van der Waals surface area contributed by atoms with Crippen molar-refractivity contribution in [3.63, 3.8) is 0 Å². The van der Waals surface area contributed by atoms with Crippen LogP contribution >= 0.6 is 0 Å². The van der Waals surface area contributed by atoms with Crippen molar-refractivity contribution in [3.8, 4) is 0 Å². The molecule has 2 heterocycles. The van der Waals surface area contributed by atoms with Gasteiger partial charge in [-0.2, -0.15) is 0 Å². The summed E-state index contributed by atoms with van der Waals surface area (Å²) in [5, 5.41) is 0. The van der Waals surface area contributed by atoms with Crippen molar-refractivity contribution < 1.29 is 9.53 Å². The minimum absolute atomic E-state index is 0.0859. The number of carbonyl (C=O) groups excluding carboxylic acids is 1. The number of amides is 1. The number of nitrogens with one attached hydrogen (secondary N) is 2. The van der Waals surface area contributed by atoms with E-state index in [9.17, 15) is 4.79 Å².